The lowest BCUT2D eigenvalue weighted by Crippen LogP contribution is -2.05. The maximum Gasteiger partial charge on any atom is 0.416 e. The lowest BCUT2D eigenvalue weighted by molar-refractivity contribution is -0.137. The van der Waals surface area contributed by atoms with Gasteiger partial charge in [0.05, 0.1) is 15.0 Å². The highest BCUT2D eigenvalue weighted by atomic mass is 32.1. The van der Waals surface area contributed by atoms with Gasteiger partial charge in [0, 0.05) is 21.5 Å². The van der Waals surface area contributed by atoms with Gasteiger partial charge in [0.15, 0.2) is 0 Å². The molecule has 0 bridgehead atoms. The van der Waals surface area contributed by atoms with Crippen LogP contribution in [-0.4, -0.2) is 0 Å². The van der Waals surface area contributed by atoms with Crippen molar-refractivity contribution in [2.24, 2.45) is 9.98 Å². The van der Waals surface area contributed by atoms with Crippen molar-refractivity contribution in [3.05, 3.63) is 106 Å². The normalized spacial score (nSPS) is 13.0. The van der Waals surface area contributed by atoms with Crippen LogP contribution in [0.3, 0.4) is 0 Å². The predicted octanol–water partition coefficient (Wildman–Crippen LogP) is 8.94. The Balaban J connectivity index is 1.54. The van der Waals surface area contributed by atoms with Crippen LogP contribution in [0.15, 0.2) is 82.8 Å². The largest absolute Gasteiger partial charge is 0.416 e. The van der Waals surface area contributed by atoms with Gasteiger partial charge in [-0.3, -0.25) is 0 Å². The van der Waals surface area contributed by atoms with E-state index in [0.717, 1.165) is 39.4 Å². The number of nitriles is 2. The van der Waals surface area contributed by atoms with Gasteiger partial charge in [-0.05, 0) is 88.0 Å². The molecule has 0 unspecified atom stereocenters. The molecular weight excluding hydrogens is 591 g/mol. The Morgan fingerprint density at radius 3 is 1.59 bits per heavy atom. The van der Waals surface area contributed by atoms with Crippen molar-refractivity contribution >= 4 is 53.1 Å². The predicted molar refractivity (Wildman–Crippen MR) is 160 cm³/mol. The van der Waals surface area contributed by atoms with Gasteiger partial charge in [-0.1, -0.05) is 30.3 Å². The van der Waals surface area contributed by atoms with Crippen LogP contribution >= 0.6 is 11.3 Å². The molecule has 0 amide bonds. The third kappa shape index (κ3) is 4.23. The maximum absolute atomic E-state index is 14.2. The first-order valence-electron chi connectivity index (χ1n) is 13.1. The molecule has 1 aromatic heterocycles. The van der Waals surface area contributed by atoms with Crippen molar-refractivity contribution in [1.82, 2.24) is 0 Å². The minimum absolute atomic E-state index is 0.0332. The van der Waals surface area contributed by atoms with Gasteiger partial charge < -0.3 is 0 Å². The van der Waals surface area contributed by atoms with Gasteiger partial charge >= 0.3 is 6.18 Å². The Labute approximate surface area is 249 Å². The lowest BCUT2D eigenvalue weighted by atomic mass is 9.99. The third-order valence-electron chi connectivity index (χ3n) is 7.68. The van der Waals surface area contributed by atoms with Gasteiger partial charge in [0.25, 0.3) is 0 Å². The van der Waals surface area contributed by atoms with E-state index >= 15 is 0 Å². The summed E-state index contributed by atoms with van der Waals surface area (Å²) in [6, 6.07) is 17.6. The number of alkyl halides is 3. The van der Waals surface area contributed by atoms with Crippen molar-refractivity contribution in [1.29, 1.82) is 10.5 Å². The van der Waals surface area contributed by atoms with Crippen LogP contribution < -0.4 is 10.7 Å². The number of fused-ring (bicyclic) bond motifs is 7. The van der Waals surface area contributed by atoms with Gasteiger partial charge in [-0.15, -0.1) is 11.3 Å². The highest BCUT2D eigenvalue weighted by molar-refractivity contribution is 7.26. The molecule has 0 N–H and O–H groups in total. The fourth-order valence-electron chi connectivity index (χ4n) is 5.94. The first-order valence-corrected chi connectivity index (χ1v) is 14.0. The Hall–Kier alpha value is -5.45. The molecule has 0 atom stereocenters. The van der Waals surface area contributed by atoms with Gasteiger partial charge in [-0.25, -0.2) is 8.78 Å². The van der Waals surface area contributed by atoms with Crippen molar-refractivity contribution in [2.75, 3.05) is 0 Å². The van der Waals surface area contributed by atoms with E-state index in [0.29, 0.717) is 53.5 Å². The fourth-order valence-corrected chi connectivity index (χ4v) is 7.28. The van der Waals surface area contributed by atoms with E-state index < -0.39 is 17.6 Å². The zero-order valence-electron chi connectivity index (χ0n) is 22.5. The molecule has 10 heteroatoms. The molecule has 4 nitrogen and oxygen atoms in total. The molecule has 0 radical (unpaired) electrons. The van der Waals surface area contributed by atoms with Crippen LogP contribution in [0.5, 0.6) is 0 Å². The molecule has 1 heterocycles. The average molecular weight is 607 g/mol. The molecule has 6 aromatic carbocycles. The first kappa shape index (κ1) is 27.4. The zero-order valence-corrected chi connectivity index (χ0v) is 23.3. The summed E-state index contributed by atoms with van der Waals surface area (Å²) in [4.78, 5) is 8.20. The number of thiophene rings is 1. The smallest absolute Gasteiger partial charge is 0.207 e. The van der Waals surface area contributed by atoms with Crippen molar-refractivity contribution in [3.63, 3.8) is 0 Å². The van der Waals surface area contributed by atoms with Crippen LogP contribution in [0.1, 0.15) is 11.1 Å². The molecule has 0 saturated heterocycles. The van der Waals surface area contributed by atoms with Gasteiger partial charge in [0.1, 0.15) is 22.3 Å². The second-order valence-corrected chi connectivity index (χ2v) is 11.4. The number of hydrogen-bond donors (Lipinski definition) is 0. The van der Waals surface area contributed by atoms with E-state index in [1.165, 1.54) is 23.5 Å². The minimum atomic E-state index is -4.73. The molecule has 0 saturated carbocycles. The monoisotopic (exact) mass is 606 g/mol. The molecule has 44 heavy (non-hydrogen) atoms. The molecule has 7 rings (SSSR count). The van der Waals surface area contributed by atoms with Crippen LogP contribution in [0.25, 0.3) is 64.0 Å². The Morgan fingerprint density at radius 1 is 0.614 bits per heavy atom. The number of halogens is 5. The molecule has 0 aliphatic heterocycles. The molecule has 0 fully saturated rings. The average Bonchev–Trinajstić information content (AvgIpc) is 3.59. The summed E-state index contributed by atoms with van der Waals surface area (Å²) >= 11 is 1.30. The topological polar surface area (TPSA) is 72.3 Å². The maximum atomic E-state index is 14.2. The Morgan fingerprint density at radius 2 is 1.11 bits per heavy atom. The summed E-state index contributed by atoms with van der Waals surface area (Å²) in [5, 5.41) is 24.1. The molecule has 0 spiro atoms. The molecule has 212 valence electrons. The van der Waals surface area contributed by atoms with Crippen LogP contribution in [0.4, 0.5) is 22.0 Å². The summed E-state index contributed by atoms with van der Waals surface area (Å²) in [5.41, 5.74) is 1.43. The zero-order chi connectivity index (χ0) is 30.9. The lowest BCUT2D eigenvalue weighted by Gasteiger charge is -2.10. The summed E-state index contributed by atoms with van der Waals surface area (Å²) < 4.78 is 70.0. The third-order valence-corrected chi connectivity index (χ3v) is 8.89. The van der Waals surface area contributed by atoms with Crippen molar-refractivity contribution < 1.29 is 22.0 Å². The first-order chi connectivity index (χ1) is 21.1. The highest BCUT2D eigenvalue weighted by Crippen LogP contribution is 2.43. The SMILES string of the molecule is Cc1cc(F)cc(-c2ccc3c(c2)/c(=N/C#N)c2sc4/c(=N/C#N)c5cc(-c6cc(F)cc(C(F)(F)F)c6)ccc5c4c23)c1. The van der Waals surface area contributed by atoms with E-state index in [4.69, 9.17) is 0 Å². The van der Waals surface area contributed by atoms with Gasteiger partial charge in [0.2, 0.25) is 12.4 Å². The van der Waals surface area contributed by atoms with Crippen LogP contribution in [0.2, 0.25) is 0 Å². The second kappa shape index (κ2) is 9.80. The second-order valence-electron chi connectivity index (χ2n) is 10.4. The quantitative estimate of drug-likeness (QED) is 0.146. The standard InChI is InChI=1S/C34H15F5N4S/c1-16-6-19(9-22(35)7-16)17-2-4-24-26(11-17)30(42-14-40)32-28(24)29-25-5-3-18(12-27(25)31(43-15-41)33(29)44-32)20-8-21(34(37,38)39)13-23(36)10-20/h2-13H,1H3/b42-30-,43-31+. The van der Waals surface area contributed by atoms with E-state index in [9.17, 15) is 32.5 Å². The molecule has 0 aliphatic rings. The number of benzene rings is 4. The number of rotatable bonds is 2. The Bertz CT molecular complexity index is 2530. The van der Waals surface area contributed by atoms with Crippen molar-refractivity contribution in [2.45, 2.75) is 13.1 Å². The summed E-state index contributed by atoms with van der Waals surface area (Å²) in [5.74, 6) is -1.39. The summed E-state index contributed by atoms with van der Waals surface area (Å²) in [6.45, 7) is 1.80. The minimum Gasteiger partial charge on any atom is -0.207 e. The van der Waals surface area contributed by atoms with Crippen molar-refractivity contribution in [3.8, 4) is 34.6 Å². The molecular formula is C34H15F5N4S. The summed E-state index contributed by atoms with van der Waals surface area (Å²) in [6.07, 6.45) is -1.03. The van der Waals surface area contributed by atoms with E-state index in [1.54, 1.807) is 25.1 Å². The van der Waals surface area contributed by atoms with Gasteiger partial charge in [-0.2, -0.15) is 33.7 Å². The van der Waals surface area contributed by atoms with E-state index in [2.05, 4.69) is 9.98 Å². The van der Waals surface area contributed by atoms with Crippen LogP contribution in [-0.2, 0) is 6.18 Å². The summed E-state index contributed by atoms with van der Waals surface area (Å²) in [7, 11) is 0. The fraction of sp³-hybridized carbons (Fsp3) is 0.0588. The Kier molecular flexibility index (Phi) is 6.10. The number of nitrogens with zero attached hydrogens (tertiary/aromatic N) is 4. The molecule has 7 aromatic rings. The van der Waals surface area contributed by atoms with E-state index in [-0.39, 0.29) is 11.4 Å². The van der Waals surface area contributed by atoms with Crippen LogP contribution in [0, 0.1) is 41.5 Å². The van der Waals surface area contributed by atoms with E-state index in [1.807, 2.05) is 36.7 Å². The number of aryl methyl sites for hydroxylation is 1. The highest BCUT2D eigenvalue weighted by Gasteiger charge is 2.31. The molecule has 0 aliphatic carbocycles. The number of hydrogen-bond acceptors (Lipinski definition) is 5.